The van der Waals surface area contributed by atoms with Crippen molar-refractivity contribution in [2.75, 3.05) is 0 Å². The van der Waals surface area contributed by atoms with Gasteiger partial charge in [0.25, 0.3) is 0 Å². The molecule has 3 heteroatoms. The van der Waals surface area contributed by atoms with Crippen LogP contribution in [0.2, 0.25) is 0 Å². The minimum absolute atomic E-state index is 0.589. The zero-order valence-electron chi connectivity index (χ0n) is 10.2. The number of hydrogen-bond donors (Lipinski definition) is 1. The molecule has 18 heavy (non-hydrogen) atoms. The lowest BCUT2D eigenvalue weighted by molar-refractivity contribution is 0.218. The minimum atomic E-state index is -0.589. The van der Waals surface area contributed by atoms with E-state index in [1.807, 2.05) is 30.3 Å². The summed E-state index contributed by atoms with van der Waals surface area (Å²) in [5, 5.41) is 10.6. The van der Waals surface area contributed by atoms with Crippen LogP contribution < -0.4 is 0 Å². The van der Waals surface area contributed by atoms with Crippen LogP contribution in [0.15, 0.2) is 40.9 Å². The van der Waals surface area contributed by atoms with Crippen molar-refractivity contribution in [3.8, 4) is 0 Å². The first-order valence-corrected chi connectivity index (χ1v) is 7.57. The Balaban J connectivity index is 2.51. The molecule has 2 aromatic carbocycles. The highest BCUT2D eigenvalue weighted by Crippen LogP contribution is 2.32. The van der Waals surface area contributed by atoms with E-state index in [0.717, 1.165) is 24.7 Å². The largest absolute Gasteiger partial charge is 0.384 e. The zero-order chi connectivity index (χ0) is 13.3. The standard InChI is InChI=1S/C15H14BrIO/c1-9-4-3-5-12(10(9)2)15(18)13-8-11(17)6-7-14(13)16/h3-8,15,18H,1-2H3. The van der Waals surface area contributed by atoms with E-state index in [2.05, 4.69) is 58.4 Å². The second kappa shape index (κ2) is 5.72. The Morgan fingerprint density at radius 1 is 1.11 bits per heavy atom. The second-order valence-corrected chi connectivity index (χ2v) is 6.46. The van der Waals surface area contributed by atoms with Crippen LogP contribution in [0.3, 0.4) is 0 Å². The molecule has 0 saturated heterocycles. The fourth-order valence-electron chi connectivity index (χ4n) is 1.96. The van der Waals surface area contributed by atoms with Gasteiger partial charge in [-0.25, -0.2) is 0 Å². The maximum atomic E-state index is 10.6. The van der Waals surface area contributed by atoms with Crippen LogP contribution >= 0.6 is 38.5 Å². The molecule has 1 N–H and O–H groups in total. The highest BCUT2D eigenvalue weighted by Gasteiger charge is 2.16. The zero-order valence-corrected chi connectivity index (χ0v) is 14.0. The monoisotopic (exact) mass is 416 g/mol. The maximum Gasteiger partial charge on any atom is 0.105 e. The summed E-state index contributed by atoms with van der Waals surface area (Å²) >= 11 is 5.77. The summed E-state index contributed by atoms with van der Waals surface area (Å²) < 4.78 is 2.06. The molecule has 0 amide bonds. The van der Waals surface area contributed by atoms with Crippen LogP contribution in [-0.2, 0) is 0 Å². The van der Waals surface area contributed by atoms with Crippen LogP contribution in [0.4, 0.5) is 0 Å². The third-order valence-electron chi connectivity index (χ3n) is 3.19. The van der Waals surface area contributed by atoms with Crippen LogP contribution in [0.1, 0.15) is 28.4 Å². The summed E-state index contributed by atoms with van der Waals surface area (Å²) in [4.78, 5) is 0. The van der Waals surface area contributed by atoms with Gasteiger partial charge in [-0.2, -0.15) is 0 Å². The van der Waals surface area contributed by atoms with Gasteiger partial charge in [-0.05, 0) is 71.3 Å². The quantitative estimate of drug-likeness (QED) is 0.700. The summed E-state index contributed by atoms with van der Waals surface area (Å²) in [6.07, 6.45) is -0.589. The Bertz CT molecular complexity index is 579. The van der Waals surface area contributed by atoms with Gasteiger partial charge < -0.3 is 5.11 Å². The highest BCUT2D eigenvalue weighted by molar-refractivity contribution is 14.1. The first-order chi connectivity index (χ1) is 8.50. The first kappa shape index (κ1) is 14.0. The van der Waals surface area contributed by atoms with E-state index in [1.54, 1.807) is 0 Å². The molecule has 0 bridgehead atoms. The van der Waals surface area contributed by atoms with Crippen LogP contribution in [0.25, 0.3) is 0 Å². The van der Waals surface area contributed by atoms with Crippen LogP contribution in [-0.4, -0.2) is 5.11 Å². The Morgan fingerprint density at radius 3 is 2.56 bits per heavy atom. The van der Waals surface area contributed by atoms with Crippen molar-refractivity contribution >= 4 is 38.5 Å². The molecule has 94 valence electrons. The second-order valence-electron chi connectivity index (χ2n) is 4.36. The first-order valence-electron chi connectivity index (χ1n) is 5.70. The van der Waals surface area contributed by atoms with Crippen molar-refractivity contribution < 1.29 is 5.11 Å². The Labute approximate surface area is 130 Å². The number of hydrogen-bond acceptors (Lipinski definition) is 1. The normalized spacial score (nSPS) is 12.5. The van der Waals surface area contributed by atoms with E-state index in [4.69, 9.17) is 0 Å². The van der Waals surface area contributed by atoms with Gasteiger partial charge in [0, 0.05) is 13.6 Å². The third-order valence-corrected chi connectivity index (χ3v) is 4.59. The van der Waals surface area contributed by atoms with Crippen molar-refractivity contribution in [3.05, 3.63) is 66.7 Å². The highest BCUT2D eigenvalue weighted by atomic mass is 127. The molecule has 0 aliphatic heterocycles. The van der Waals surface area contributed by atoms with Gasteiger partial charge in [0.1, 0.15) is 6.10 Å². The average molecular weight is 417 g/mol. The Morgan fingerprint density at radius 2 is 1.83 bits per heavy atom. The molecule has 0 aliphatic carbocycles. The molecule has 0 radical (unpaired) electrons. The average Bonchev–Trinajstić information content (AvgIpc) is 2.35. The van der Waals surface area contributed by atoms with Gasteiger partial charge >= 0.3 is 0 Å². The fourth-order valence-corrected chi connectivity index (χ4v) is 2.94. The van der Waals surface area contributed by atoms with Gasteiger partial charge in [0.2, 0.25) is 0 Å². The van der Waals surface area contributed by atoms with Crippen molar-refractivity contribution in [2.24, 2.45) is 0 Å². The number of aryl methyl sites for hydroxylation is 1. The molecule has 0 spiro atoms. The lowest BCUT2D eigenvalue weighted by Crippen LogP contribution is -2.04. The van der Waals surface area contributed by atoms with E-state index in [9.17, 15) is 5.11 Å². The number of aliphatic hydroxyl groups is 1. The molecule has 0 aliphatic rings. The summed E-state index contributed by atoms with van der Waals surface area (Å²) in [7, 11) is 0. The number of benzene rings is 2. The van der Waals surface area contributed by atoms with Gasteiger partial charge in [0.15, 0.2) is 0 Å². The smallest absolute Gasteiger partial charge is 0.105 e. The molecule has 0 fully saturated rings. The number of rotatable bonds is 2. The van der Waals surface area contributed by atoms with E-state index in [-0.39, 0.29) is 0 Å². The van der Waals surface area contributed by atoms with E-state index >= 15 is 0 Å². The Hall–Kier alpha value is -0.390. The van der Waals surface area contributed by atoms with Gasteiger partial charge in [-0.1, -0.05) is 34.1 Å². The van der Waals surface area contributed by atoms with Crippen LogP contribution in [0.5, 0.6) is 0 Å². The lowest BCUT2D eigenvalue weighted by Gasteiger charge is -2.17. The summed E-state index contributed by atoms with van der Waals surface area (Å²) in [6.45, 7) is 4.12. The SMILES string of the molecule is Cc1cccc(C(O)c2cc(I)ccc2Br)c1C. The van der Waals surface area contributed by atoms with Gasteiger partial charge in [-0.3, -0.25) is 0 Å². The maximum absolute atomic E-state index is 10.6. The van der Waals surface area contributed by atoms with E-state index < -0.39 is 6.10 Å². The molecule has 2 aromatic rings. The molecule has 1 nitrogen and oxygen atoms in total. The molecule has 2 rings (SSSR count). The summed E-state index contributed by atoms with van der Waals surface area (Å²) in [6, 6.07) is 12.0. The summed E-state index contributed by atoms with van der Waals surface area (Å²) in [5.74, 6) is 0. The molecular weight excluding hydrogens is 403 g/mol. The predicted molar refractivity (Wildman–Crippen MR) is 86.8 cm³/mol. The van der Waals surface area contributed by atoms with E-state index in [1.165, 1.54) is 5.56 Å². The van der Waals surface area contributed by atoms with Crippen molar-refractivity contribution in [1.82, 2.24) is 0 Å². The minimum Gasteiger partial charge on any atom is -0.384 e. The van der Waals surface area contributed by atoms with Crippen LogP contribution in [0, 0.1) is 17.4 Å². The summed E-state index contributed by atoms with van der Waals surface area (Å²) in [5.41, 5.74) is 4.23. The van der Waals surface area contributed by atoms with Gasteiger partial charge in [0.05, 0.1) is 0 Å². The van der Waals surface area contributed by atoms with E-state index in [0.29, 0.717) is 0 Å². The molecule has 0 aromatic heterocycles. The molecule has 1 atom stereocenters. The van der Waals surface area contributed by atoms with Crippen molar-refractivity contribution in [1.29, 1.82) is 0 Å². The number of halogens is 2. The Kier molecular flexibility index (Phi) is 4.45. The van der Waals surface area contributed by atoms with Crippen molar-refractivity contribution in [3.63, 3.8) is 0 Å². The molecular formula is C15H14BrIO. The van der Waals surface area contributed by atoms with Gasteiger partial charge in [-0.15, -0.1) is 0 Å². The molecule has 0 heterocycles. The van der Waals surface area contributed by atoms with Crippen molar-refractivity contribution in [2.45, 2.75) is 20.0 Å². The molecule has 1 unspecified atom stereocenters. The fraction of sp³-hybridized carbons (Fsp3) is 0.200. The topological polar surface area (TPSA) is 20.2 Å². The predicted octanol–water partition coefficient (Wildman–Crippen LogP) is 4.75. The molecule has 0 saturated carbocycles. The number of aliphatic hydroxyl groups excluding tert-OH is 1. The third kappa shape index (κ3) is 2.78. The lowest BCUT2D eigenvalue weighted by atomic mass is 9.95.